The van der Waals surface area contributed by atoms with Gasteiger partial charge in [0.25, 0.3) is 0 Å². The summed E-state index contributed by atoms with van der Waals surface area (Å²) in [6, 6.07) is 7.95. The highest BCUT2D eigenvalue weighted by Gasteiger charge is 2.25. The van der Waals surface area contributed by atoms with E-state index in [0.29, 0.717) is 10.6 Å². The van der Waals surface area contributed by atoms with Gasteiger partial charge < -0.3 is 9.63 Å². The summed E-state index contributed by atoms with van der Waals surface area (Å²) in [5, 5.41) is 18.6. The van der Waals surface area contributed by atoms with Crippen molar-refractivity contribution in [1.82, 2.24) is 5.16 Å². The Morgan fingerprint density at radius 3 is 2.19 bits per heavy atom. The molecule has 0 bridgehead atoms. The molecule has 0 saturated carbocycles. The maximum Gasteiger partial charge on any atom is 0.243 e. The molecule has 3 aromatic rings. The Morgan fingerprint density at radius 2 is 1.69 bits per heavy atom. The molecule has 0 fully saturated rings. The monoisotopic (exact) mass is 400 g/mol. The molecule has 0 aliphatic carbocycles. The number of aliphatic hydroxyl groups excluding tert-OH is 1. The van der Waals surface area contributed by atoms with Gasteiger partial charge in [0, 0.05) is 10.6 Å². The fourth-order valence-electron chi connectivity index (χ4n) is 2.51. The first-order valence-electron chi connectivity index (χ1n) is 7.10. The molecular weight excluding hydrogens is 390 g/mol. The van der Waals surface area contributed by atoms with Gasteiger partial charge in [-0.05, 0) is 29.8 Å². The smallest absolute Gasteiger partial charge is 0.243 e. The highest BCUT2D eigenvalue weighted by Crippen LogP contribution is 2.37. The average molecular weight is 401 g/mol. The van der Waals surface area contributed by atoms with Crippen LogP contribution in [-0.4, -0.2) is 18.7 Å². The summed E-state index contributed by atoms with van der Waals surface area (Å²) >= 11 is 5.84. The Labute approximate surface area is 151 Å². The average Bonchev–Trinajstić information content (AvgIpc) is 2.97. The normalized spacial score (nSPS) is 11.7. The summed E-state index contributed by atoms with van der Waals surface area (Å²) in [4.78, 5) is -1.24. The van der Waals surface area contributed by atoms with E-state index in [-0.39, 0.29) is 22.6 Å². The van der Waals surface area contributed by atoms with Crippen molar-refractivity contribution in [3.05, 3.63) is 58.8 Å². The van der Waals surface area contributed by atoms with Crippen LogP contribution in [0.4, 0.5) is 8.78 Å². The minimum absolute atomic E-state index is 0.0443. The van der Waals surface area contributed by atoms with Gasteiger partial charge in [-0.1, -0.05) is 28.9 Å². The first kappa shape index (κ1) is 18.5. The number of hydrogen-bond acceptors (Lipinski definition) is 5. The van der Waals surface area contributed by atoms with E-state index in [1.54, 1.807) is 24.3 Å². The molecule has 0 atom stereocenters. The minimum Gasteiger partial charge on any atom is -0.388 e. The van der Waals surface area contributed by atoms with Gasteiger partial charge in [0.15, 0.2) is 10.7 Å². The molecule has 1 aromatic heterocycles. The Bertz CT molecular complexity index is 1060. The molecule has 0 aliphatic heterocycles. The second-order valence-corrected chi connectivity index (χ2v) is 7.24. The summed E-state index contributed by atoms with van der Waals surface area (Å²) in [6.07, 6.45) is 0. The zero-order chi connectivity index (χ0) is 19.1. The number of halogens is 3. The fourth-order valence-corrected chi connectivity index (χ4v) is 3.30. The van der Waals surface area contributed by atoms with Crippen LogP contribution >= 0.6 is 11.6 Å². The van der Waals surface area contributed by atoms with E-state index in [1.165, 1.54) is 0 Å². The third kappa shape index (κ3) is 3.34. The molecule has 3 N–H and O–H groups in total. The number of aromatic nitrogens is 1. The van der Waals surface area contributed by atoms with Gasteiger partial charge in [0.1, 0.15) is 23.9 Å². The molecule has 10 heteroatoms. The highest BCUT2D eigenvalue weighted by molar-refractivity contribution is 7.89. The molecule has 1 heterocycles. The first-order chi connectivity index (χ1) is 12.2. The Balaban J connectivity index is 2.24. The zero-order valence-electron chi connectivity index (χ0n) is 12.9. The van der Waals surface area contributed by atoms with E-state index in [2.05, 4.69) is 5.16 Å². The van der Waals surface area contributed by atoms with E-state index in [0.717, 1.165) is 12.1 Å². The van der Waals surface area contributed by atoms with Crippen molar-refractivity contribution in [3.63, 3.8) is 0 Å². The van der Waals surface area contributed by atoms with Crippen LogP contribution in [0.15, 0.2) is 45.8 Å². The molecule has 3 rings (SSSR count). The molecule has 0 spiro atoms. The predicted molar refractivity (Wildman–Crippen MR) is 89.6 cm³/mol. The lowest BCUT2D eigenvalue weighted by atomic mass is 9.99. The largest absolute Gasteiger partial charge is 0.388 e. The molecule has 0 unspecified atom stereocenters. The van der Waals surface area contributed by atoms with Gasteiger partial charge in [-0.15, -0.1) is 0 Å². The molecule has 2 aromatic carbocycles. The van der Waals surface area contributed by atoms with Crippen molar-refractivity contribution in [2.24, 2.45) is 5.14 Å². The lowest BCUT2D eigenvalue weighted by Gasteiger charge is -2.08. The third-order valence-electron chi connectivity index (χ3n) is 3.60. The summed E-state index contributed by atoms with van der Waals surface area (Å²) < 4.78 is 56.1. The number of nitrogens with two attached hydrogens (primary N) is 1. The van der Waals surface area contributed by atoms with Crippen LogP contribution in [0, 0.1) is 11.6 Å². The van der Waals surface area contributed by atoms with Crippen LogP contribution in [-0.2, 0) is 16.6 Å². The topological polar surface area (TPSA) is 106 Å². The number of rotatable bonds is 4. The summed E-state index contributed by atoms with van der Waals surface area (Å²) in [7, 11) is -4.59. The third-order valence-corrected chi connectivity index (χ3v) is 4.81. The number of nitrogens with zero attached hydrogens (tertiary/aromatic N) is 1. The number of aliphatic hydroxyl groups is 1. The number of primary sulfonamides is 1. The SMILES string of the molecule is NS(=O)(=O)c1c(F)cc(-c2c(-c3ccc(Cl)cc3)noc2CO)cc1F. The van der Waals surface area contributed by atoms with Crippen molar-refractivity contribution in [2.45, 2.75) is 11.5 Å². The summed E-state index contributed by atoms with van der Waals surface area (Å²) in [5.74, 6) is -2.78. The quantitative estimate of drug-likeness (QED) is 0.700. The van der Waals surface area contributed by atoms with E-state index in [4.69, 9.17) is 21.3 Å². The van der Waals surface area contributed by atoms with Crippen LogP contribution in [0.2, 0.25) is 5.02 Å². The van der Waals surface area contributed by atoms with Gasteiger partial charge in [-0.3, -0.25) is 0 Å². The number of benzene rings is 2. The van der Waals surface area contributed by atoms with E-state index >= 15 is 0 Å². The predicted octanol–water partition coefficient (Wildman–Crippen LogP) is 3.08. The lowest BCUT2D eigenvalue weighted by Crippen LogP contribution is -2.16. The molecule has 0 amide bonds. The van der Waals surface area contributed by atoms with E-state index < -0.39 is 33.2 Å². The molecular formula is C16H11ClF2N2O4S. The van der Waals surface area contributed by atoms with Gasteiger partial charge in [-0.2, -0.15) is 0 Å². The van der Waals surface area contributed by atoms with Crippen LogP contribution in [0.1, 0.15) is 5.76 Å². The number of sulfonamides is 1. The van der Waals surface area contributed by atoms with Crippen LogP contribution < -0.4 is 5.14 Å². The first-order valence-corrected chi connectivity index (χ1v) is 9.02. The van der Waals surface area contributed by atoms with Crippen LogP contribution in [0.25, 0.3) is 22.4 Å². The second kappa shape index (κ2) is 6.76. The lowest BCUT2D eigenvalue weighted by molar-refractivity contribution is 0.230. The Kier molecular flexibility index (Phi) is 4.80. The number of hydrogen-bond donors (Lipinski definition) is 2. The second-order valence-electron chi connectivity index (χ2n) is 5.31. The highest BCUT2D eigenvalue weighted by atomic mass is 35.5. The zero-order valence-corrected chi connectivity index (χ0v) is 14.5. The standard InChI is InChI=1S/C16H11ClF2N2O4S/c17-10-3-1-8(2-4-10)15-14(13(7-22)25-21-15)9-5-11(18)16(12(19)6-9)26(20,23)24/h1-6,22H,7H2,(H2,20,23,24). The van der Waals surface area contributed by atoms with Gasteiger partial charge in [0.05, 0.1) is 5.56 Å². The summed E-state index contributed by atoms with van der Waals surface area (Å²) in [6.45, 7) is -0.587. The van der Waals surface area contributed by atoms with Crippen molar-refractivity contribution in [3.8, 4) is 22.4 Å². The van der Waals surface area contributed by atoms with Gasteiger partial charge >= 0.3 is 0 Å². The van der Waals surface area contributed by atoms with Crippen molar-refractivity contribution in [1.29, 1.82) is 0 Å². The summed E-state index contributed by atoms with van der Waals surface area (Å²) in [5.41, 5.74) is 0.772. The molecule has 0 saturated heterocycles. The van der Waals surface area contributed by atoms with E-state index in [1.807, 2.05) is 0 Å². The maximum absolute atomic E-state index is 14.2. The fraction of sp³-hybridized carbons (Fsp3) is 0.0625. The van der Waals surface area contributed by atoms with Crippen LogP contribution in [0.3, 0.4) is 0 Å². The molecule has 0 aliphatic rings. The van der Waals surface area contributed by atoms with Gasteiger partial charge in [-0.25, -0.2) is 22.3 Å². The van der Waals surface area contributed by atoms with Crippen molar-refractivity contribution in [2.75, 3.05) is 0 Å². The van der Waals surface area contributed by atoms with E-state index in [9.17, 15) is 22.3 Å². The Morgan fingerprint density at radius 1 is 1.12 bits per heavy atom. The molecule has 26 heavy (non-hydrogen) atoms. The minimum atomic E-state index is -4.59. The Hall–Kier alpha value is -2.33. The van der Waals surface area contributed by atoms with Gasteiger partial charge in [0.2, 0.25) is 10.0 Å². The van der Waals surface area contributed by atoms with Crippen molar-refractivity contribution < 1.29 is 26.8 Å². The molecule has 136 valence electrons. The molecule has 0 radical (unpaired) electrons. The maximum atomic E-state index is 14.2. The van der Waals surface area contributed by atoms with Crippen LogP contribution in [0.5, 0.6) is 0 Å². The molecule has 6 nitrogen and oxygen atoms in total. The van der Waals surface area contributed by atoms with Crippen molar-refractivity contribution >= 4 is 21.6 Å².